The molecule has 0 aromatic carbocycles. The molecular weight excluding hydrogens is 318 g/mol. The molecule has 2 rings (SSSR count). The SMILES string of the molecule is CC1CCCCC1(NS(=O)(=O)C1CCS(=O)(=O)C1)C(=O)O. The van der Waals surface area contributed by atoms with E-state index < -0.39 is 42.4 Å². The molecule has 1 saturated heterocycles. The van der Waals surface area contributed by atoms with Crippen molar-refractivity contribution in [2.75, 3.05) is 11.5 Å². The first-order valence-electron chi connectivity index (χ1n) is 7.06. The molecule has 1 aliphatic heterocycles. The van der Waals surface area contributed by atoms with Crippen LogP contribution in [0, 0.1) is 5.92 Å². The molecule has 0 spiro atoms. The summed E-state index contributed by atoms with van der Waals surface area (Å²) in [7, 11) is -7.32. The first-order valence-corrected chi connectivity index (χ1v) is 10.4. The van der Waals surface area contributed by atoms with Gasteiger partial charge in [-0.2, -0.15) is 4.72 Å². The smallest absolute Gasteiger partial charge is 0.325 e. The highest BCUT2D eigenvalue weighted by Crippen LogP contribution is 2.35. The molecule has 3 unspecified atom stereocenters. The van der Waals surface area contributed by atoms with Crippen LogP contribution in [0.2, 0.25) is 0 Å². The second kappa shape index (κ2) is 5.51. The predicted molar refractivity (Wildman–Crippen MR) is 77.1 cm³/mol. The third-order valence-corrected chi connectivity index (χ3v) is 8.54. The van der Waals surface area contributed by atoms with Crippen molar-refractivity contribution in [3.63, 3.8) is 0 Å². The fraction of sp³-hybridized carbons (Fsp3) is 0.917. The van der Waals surface area contributed by atoms with Crippen LogP contribution in [0.4, 0.5) is 0 Å². The first kappa shape index (κ1) is 16.7. The van der Waals surface area contributed by atoms with E-state index in [1.165, 1.54) is 0 Å². The number of sulfone groups is 1. The molecule has 0 amide bonds. The molecule has 3 atom stereocenters. The lowest BCUT2D eigenvalue weighted by Crippen LogP contribution is -2.61. The van der Waals surface area contributed by atoms with E-state index in [2.05, 4.69) is 4.72 Å². The quantitative estimate of drug-likeness (QED) is 0.751. The van der Waals surface area contributed by atoms with Crippen molar-refractivity contribution in [1.29, 1.82) is 0 Å². The molecule has 1 heterocycles. The molecule has 2 N–H and O–H groups in total. The Hall–Kier alpha value is -0.670. The molecule has 0 aromatic rings. The Morgan fingerprint density at radius 1 is 1.29 bits per heavy atom. The van der Waals surface area contributed by atoms with Crippen LogP contribution < -0.4 is 4.72 Å². The normalized spacial score (nSPS) is 36.4. The van der Waals surface area contributed by atoms with Gasteiger partial charge in [0.2, 0.25) is 10.0 Å². The second-order valence-electron chi connectivity index (χ2n) is 6.10. The van der Waals surface area contributed by atoms with Gasteiger partial charge in [0.05, 0.1) is 16.8 Å². The summed E-state index contributed by atoms with van der Waals surface area (Å²) in [6.07, 6.45) is 2.42. The van der Waals surface area contributed by atoms with Crippen LogP contribution in [0.25, 0.3) is 0 Å². The molecule has 1 aliphatic carbocycles. The Labute approximate surface area is 125 Å². The van der Waals surface area contributed by atoms with Crippen molar-refractivity contribution in [2.24, 2.45) is 5.92 Å². The third kappa shape index (κ3) is 3.24. The Morgan fingerprint density at radius 3 is 2.43 bits per heavy atom. The van der Waals surface area contributed by atoms with Crippen LogP contribution in [0.5, 0.6) is 0 Å². The van der Waals surface area contributed by atoms with E-state index in [0.29, 0.717) is 12.8 Å². The molecule has 0 aromatic heterocycles. The fourth-order valence-electron chi connectivity index (χ4n) is 3.20. The van der Waals surface area contributed by atoms with E-state index in [4.69, 9.17) is 0 Å². The van der Waals surface area contributed by atoms with Crippen molar-refractivity contribution in [3.05, 3.63) is 0 Å². The van der Waals surface area contributed by atoms with Gasteiger partial charge in [-0.05, 0) is 25.2 Å². The summed E-state index contributed by atoms with van der Waals surface area (Å²) >= 11 is 0. The zero-order chi connectivity index (χ0) is 15.9. The monoisotopic (exact) mass is 339 g/mol. The Balaban J connectivity index is 2.26. The van der Waals surface area contributed by atoms with E-state index in [9.17, 15) is 26.7 Å². The maximum Gasteiger partial charge on any atom is 0.325 e. The first-order chi connectivity index (χ1) is 9.59. The Bertz CT molecular complexity index is 626. The number of sulfonamides is 1. The van der Waals surface area contributed by atoms with E-state index in [0.717, 1.165) is 6.42 Å². The average Bonchev–Trinajstić information content (AvgIpc) is 2.73. The van der Waals surface area contributed by atoms with Gasteiger partial charge in [0.1, 0.15) is 5.54 Å². The average molecular weight is 339 g/mol. The molecule has 0 bridgehead atoms. The minimum atomic E-state index is -3.98. The summed E-state index contributed by atoms with van der Waals surface area (Å²) in [6.45, 7) is 1.72. The van der Waals surface area contributed by atoms with Crippen molar-refractivity contribution < 1.29 is 26.7 Å². The van der Waals surface area contributed by atoms with Gasteiger partial charge >= 0.3 is 5.97 Å². The number of rotatable bonds is 4. The van der Waals surface area contributed by atoms with Crippen LogP contribution in [-0.4, -0.2) is 50.2 Å². The number of aliphatic carboxylic acids is 1. The highest BCUT2D eigenvalue weighted by Gasteiger charge is 2.50. The molecule has 1 saturated carbocycles. The van der Waals surface area contributed by atoms with E-state index in [1.807, 2.05) is 0 Å². The zero-order valence-electron chi connectivity index (χ0n) is 11.9. The van der Waals surface area contributed by atoms with Crippen LogP contribution in [-0.2, 0) is 24.7 Å². The fourth-order valence-corrected chi connectivity index (χ4v) is 7.73. The van der Waals surface area contributed by atoms with Gasteiger partial charge in [0.15, 0.2) is 9.84 Å². The predicted octanol–water partition coefficient (Wildman–Crippen LogP) is 0.126. The van der Waals surface area contributed by atoms with Gasteiger partial charge in [-0.1, -0.05) is 19.8 Å². The number of nitrogens with one attached hydrogen (secondary N) is 1. The van der Waals surface area contributed by atoms with Gasteiger partial charge in [0.25, 0.3) is 0 Å². The molecule has 0 radical (unpaired) electrons. The topological polar surface area (TPSA) is 118 Å². The number of carbonyl (C=O) groups is 1. The van der Waals surface area contributed by atoms with Crippen molar-refractivity contribution in [1.82, 2.24) is 4.72 Å². The van der Waals surface area contributed by atoms with Crippen LogP contribution in [0.1, 0.15) is 39.0 Å². The molecule has 9 heteroatoms. The Morgan fingerprint density at radius 2 is 1.95 bits per heavy atom. The maximum absolute atomic E-state index is 12.4. The standard InChI is InChI=1S/C12H21NO6S2/c1-9-4-2-3-6-12(9,11(14)15)13-21(18,19)10-5-7-20(16,17)8-10/h9-10,13H,2-8H2,1H3,(H,14,15). The van der Waals surface area contributed by atoms with Gasteiger partial charge < -0.3 is 5.11 Å². The van der Waals surface area contributed by atoms with Gasteiger partial charge in [0, 0.05) is 0 Å². The van der Waals surface area contributed by atoms with Crippen LogP contribution in [0.15, 0.2) is 0 Å². The third-order valence-electron chi connectivity index (χ3n) is 4.64. The largest absolute Gasteiger partial charge is 0.480 e. The van der Waals surface area contributed by atoms with E-state index >= 15 is 0 Å². The lowest BCUT2D eigenvalue weighted by molar-refractivity contribution is -0.147. The minimum Gasteiger partial charge on any atom is -0.480 e. The van der Waals surface area contributed by atoms with Crippen molar-refractivity contribution in [2.45, 2.75) is 49.8 Å². The van der Waals surface area contributed by atoms with Crippen LogP contribution in [0.3, 0.4) is 0 Å². The zero-order valence-corrected chi connectivity index (χ0v) is 13.5. The molecule has 2 aliphatic rings. The summed E-state index contributed by atoms with van der Waals surface area (Å²) in [4.78, 5) is 11.7. The lowest BCUT2D eigenvalue weighted by Gasteiger charge is -2.39. The number of carboxylic acids is 1. The second-order valence-corrected chi connectivity index (χ2v) is 10.3. The molecule has 7 nitrogen and oxygen atoms in total. The highest BCUT2D eigenvalue weighted by atomic mass is 32.2. The van der Waals surface area contributed by atoms with E-state index in [1.54, 1.807) is 6.92 Å². The Kier molecular flexibility index (Phi) is 4.38. The summed E-state index contributed by atoms with van der Waals surface area (Å²) in [5, 5.41) is 8.47. The summed E-state index contributed by atoms with van der Waals surface area (Å²) in [6, 6.07) is 0. The van der Waals surface area contributed by atoms with Crippen molar-refractivity contribution >= 4 is 25.8 Å². The summed E-state index contributed by atoms with van der Waals surface area (Å²) < 4.78 is 50.1. The number of hydrogen-bond donors (Lipinski definition) is 2. The van der Waals surface area contributed by atoms with Gasteiger partial charge in [-0.15, -0.1) is 0 Å². The van der Waals surface area contributed by atoms with Crippen molar-refractivity contribution in [3.8, 4) is 0 Å². The molecule has 122 valence electrons. The van der Waals surface area contributed by atoms with Crippen LogP contribution >= 0.6 is 0 Å². The number of hydrogen-bond acceptors (Lipinski definition) is 5. The highest BCUT2D eigenvalue weighted by molar-refractivity contribution is 7.95. The number of carboxylic acid groups (broad SMARTS) is 1. The van der Waals surface area contributed by atoms with Gasteiger partial charge in [-0.3, -0.25) is 4.79 Å². The summed E-state index contributed by atoms with van der Waals surface area (Å²) in [5.74, 6) is -2.09. The minimum absolute atomic E-state index is 0.0295. The molecule has 21 heavy (non-hydrogen) atoms. The lowest BCUT2D eigenvalue weighted by atomic mass is 9.74. The maximum atomic E-state index is 12.4. The molecular formula is C12H21NO6S2. The molecule has 2 fully saturated rings. The van der Waals surface area contributed by atoms with Gasteiger partial charge in [-0.25, -0.2) is 16.8 Å². The summed E-state index contributed by atoms with van der Waals surface area (Å²) in [5.41, 5.74) is -1.51. The van der Waals surface area contributed by atoms with E-state index in [-0.39, 0.29) is 24.5 Å².